The van der Waals surface area contributed by atoms with Crippen molar-refractivity contribution < 1.29 is 9.59 Å². The lowest BCUT2D eigenvalue weighted by Gasteiger charge is -2.22. The number of benzene rings is 3. The van der Waals surface area contributed by atoms with E-state index in [1.807, 2.05) is 62.4 Å². The highest BCUT2D eigenvalue weighted by Gasteiger charge is 2.24. The first-order chi connectivity index (χ1) is 14.0. The van der Waals surface area contributed by atoms with Crippen LogP contribution in [0.2, 0.25) is 0 Å². The lowest BCUT2D eigenvalue weighted by atomic mass is 10.00. The summed E-state index contributed by atoms with van der Waals surface area (Å²) < 4.78 is 0. The number of carbonyl (C=O) groups is 2. The highest BCUT2D eigenvalue weighted by Crippen LogP contribution is 2.19. The molecule has 0 aromatic heterocycles. The number of nitriles is 1. The van der Waals surface area contributed by atoms with E-state index >= 15 is 0 Å². The summed E-state index contributed by atoms with van der Waals surface area (Å²) in [4.78, 5) is 25.4. The first-order valence-corrected chi connectivity index (χ1v) is 9.55. The smallest absolute Gasteiger partial charge is 0.247 e. The number of fused-ring (bicyclic) bond motifs is 1. The second-order valence-electron chi connectivity index (χ2n) is 7.29. The zero-order valence-corrected chi connectivity index (χ0v) is 16.5. The van der Waals surface area contributed by atoms with Gasteiger partial charge in [0.05, 0.1) is 18.1 Å². The van der Waals surface area contributed by atoms with Gasteiger partial charge in [-0.15, -0.1) is 0 Å². The quantitative estimate of drug-likeness (QED) is 0.672. The van der Waals surface area contributed by atoms with E-state index in [0.717, 1.165) is 16.3 Å². The predicted octanol–water partition coefficient (Wildman–Crippen LogP) is 4.03. The molecule has 0 heterocycles. The molecule has 3 aromatic rings. The molecule has 2 amide bonds. The number of nitrogens with one attached hydrogen (secondary N) is 2. The molecule has 5 nitrogen and oxygen atoms in total. The summed E-state index contributed by atoms with van der Waals surface area (Å²) in [6, 6.07) is 21.8. The fourth-order valence-electron chi connectivity index (χ4n) is 3.27. The number of anilines is 1. The number of hydrogen-bond acceptors (Lipinski definition) is 3. The van der Waals surface area contributed by atoms with Crippen LogP contribution in [0.5, 0.6) is 0 Å². The Morgan fingerprint density at radius 1 is 1.00 bits per heavy atom. The molecule has 1 atom stereocenters. The van der Waals surface area contributed by atoms with Gasteiger partial charge in [-0.25, -0.2) is 0 Å². The van der Waals surface area contributed by atoms with Crippen LogP contribution in [0, 0.1) is 17.2 Å². The first kappa shape index (κ1) is 20.1. The molecule has 3 aromatic carbocycles. The SMILES string of the molecule is CC(C)[C@@H](NC(=O)Cc1cccc2ccccc12)C(=O)Nc1cccc(C#N)c1. The molecule has 3 rings (SSSR count). The summed E-state index contributed by atoms with van der Waals surface area (Å²) in [6.07, 6.45) is 0.196. The first-order valence-electron chi connectivity index (χ1n) is 9.55. The van der Waals surface area contributed by atoms with Gasteiger partial charge in [0, 0.05) is 5.69 Å². The normalized spacial score (nSPS) is 11.7. The molecule has 0 aliphatic carbocycles. The Morgan fingerprint density at radius 3 is 2.48 bits per heavy atom. The van der Waals surface area contributed by atoms with Crippen molar-refractivity contribution in [3.63, 3.8) is 0 Å². The Bertz CT molecular complexity index is 1080. The van der Waals surface area contributed by atoms with Gasteiger partial charge in [-0.3, -0.25) is 9.59 Å². The summed E-state index contributed by atoms with van der Waals surface area (Å²) in [7, 11) is 0. The van der Waals surface area contributed by atoms with E-state index in [9.17, 15) is 9.59 Å². The molecule has 0 spiro atoms. The minimum absolute atomic E-state index is 0.0920. The molecule has 0 saturated carbocycles. The number of rotatable bonds is 6. The van der Waals surface area contributed by atoms with Gasteiger partial charge in [-0.2, -0.15) is 5.26 Å². The van der Waals surface area contributed by atoms with Crippen LogP contribution < -0.4 is 10.6 Å². The molecule has 0 saturated heterocycles. The summed E-state index contributed by atoms with van der Waals surface area (Å²) >= 11 is 0. The van der Waals surface area contributed by atoms with Gasteiger partial charge in [0.2, 0.25) is 11.8 Å². The van der Waals surface area contributed by atoms with Crippen molar-refractivity contribution in [3.8, 4) is 6.07 Å². The minimum Gasteiger partial charge on any atom is -0.344 e. The molecule has 146 valence electrons. The maximum absolute atomic E-state index is 12.7. The van der Waals surface area contributed by atoms with Crippen LogP contribution in [0.15, 0.2) is 66.7 Å². The number of carbonyl (C=O) groups excluding carboxylic acids is 2. The summed E-state index contributed by atoms with van der Waals surface area (Å²) in [6.45, 7) is 3.77. The lowest BCUT2D eigenvalue weighted by Crippen LogP contribution is -2.47. The van der Waals surface area contributed by atoms with Crippen LogP contribution in [-0.2, 0) is 16.0 Å². The third-order valence-corrected chi connectivity index (χ3v) is 4.76. The Kier molecular flexibility index (Phi) is 6.25. The van der Waals surface area contributed by atoms with Crippen molar-refractivity contribution in [2.45, 2.75) is 26.3 Å². The standard InChI is InChI=1S/C24H23N3O2/c1-16(2)23(24(29)26-20-11-5-7-17(13-20)15-25)27-22(28)14-19-10-6-9-18-8-3-4-12-21(18)19/h3-13,16,23H,14H2,1-2H3,(H,26,29)(H,27,28)/t23-/m1/s1. The summed E-state index contributed by atoms with van der Waals surface area (Å²) in [5.74, 6) is -0.604. The molecule has 2 N–H and O–H groups in total. The van der Waals surface area contributed by atoms with E-state index < -0.39 is 6.04 Å². The van der Waals surface area contributed by atoms with E-state index in [1.165, 1.54) is 0 Å². The highest BCUT2D eigenvalue weighted by molar-refractivity contribution is 5.98. The summed E-state index contributed by atoms with van der Waals surface area (Å²) in [5, 5.41) is 16.8. The maximum Gasteiger partial charge on any atom is 0.247 e. The molecule has 29 heavy (non-hydrogen) atoms. The number of amides is 2. The van der Waals surface area contributed by atoms with Crippen molar-refractivity contribution in [2.24, 2.45) is 5.92 Å². The fourth-order valence-corrected chi connectivity index (χ4v) is 3.27. The molecule has 0 bridgehead atoms. The molecular formula is C24H23N3O2. The molecule has 5 heteroatoms. The third kappa shape index (κ3) is 4.99. The van der Waals surface area contributed by atoms with Crippen molar-refractivity contribution >= 4 is 28.3 Å². The Morgan fingerprint density at radius 2 is 1.72 bits per heavy atom. The van der Waals surface area contributed by atoms with Crippen LogP contribution in [0.3, 0.4) is 0 Å². The van der Waals surface area contributed by atoms with Gasteiger partial charge in [-0.05, 0) is 40.5 Å². The van der Waals surface area contributed by atoms with Gasteiger partial charge in [-0.1, -0.05) is 62.4 Å². The zero-order valence-electron chi connectivity index (χ0n) is 16.5. The highest BCUT2D eigenvalue weighted by atomic mass is 16.2. The van der Waals surface area contributed by atoms with Crippen LogP contribution in [0.4, 0.5) is 5.69 Å². The lowest BCUT2D eigenvalue weighted by molar-refractivity contribution is -0.127. The Hall–Kier alpha value is -3.65. The average Bonchev–Trinajstić information content (AvgIpc) is 2.72. The van der Waals surface area contributed by atoms with E-state index in [0.29, 0.717) is 11.3 Å². The zero-order chi connectivity index (χ0) is 20.8. The predicted molar refractivity (Wildman–Crippen MR) is 114 cm³/mol. The van der Waals surface area contributed by atoms with Crippen LogP contribution in [0.1, 0.15) is 25.0 Å². The van der Waals surface area contributed by atoms with Gasteiger partial charge >= 0.3 is 0 Å². The van der Waals surface area contributed by atoms with E-state index in [2.05, 4.69) is 10.6 Å². The van der Waals surface area contributed by atoms with Gasteiger partial charge in [0.25, 0.3) is 0 Å². The van der Waals surface area contributed by atoms with Crippen molar-refractivity contribution in [1.82, 2.24) is 5.32 Å². The van der Waals surface area contributed by atoms with E-state index in [4.69, 9.17) is 5.26 Å². The van der Waals surface area contributed by atoms with Crippen molar-refractivity contribution in [2.75, 3.05) is 5.32 Å². The monoisotopic (exact) mass is 385 g/mol. The molecule has 0 radical (unpaired) electrons. The van der Waals surface area contributed by atoms with E-state index in [1.54, 1.807) is 24.3 Å². The largest absolute Gasteiger partial charge is 0.344 e. The van der Waals surface area contributed by atoms with Crippen LogP contribution in [0.25, 0.3) is 10.8 Å². The van der Waals surface area contributed by atoms with E-state index in [-0.39, 0.29) is 24.2 Å². The second-order valence-corrected chi connectivity index (χ2v) is 7.29. The van der Waals surface area contributed by atoms with Gasteiger partial charge < -0.3 is 10.6 Å². The van der Waals surface area contributed by atoms with Crippen LogP contribution >= 0.6 is 0 Å². The molecule has 0 unspecified atom stereocenters. The molecule has 0 aliphatic heterocycles. The Labute approximate surface area is 170 Å². The maximum atomic E-state index is 12.7. The molecule has 0 aliphatic rings. The second kappa shape index (κ2) is 9.03. The number of nitrogens with zero attached hydrogens (tertiary/aromatic N) is 1. The third-order valence-electron chi connectivity index (χ3n) is 4.76. The topological polar surface area (TPSA) is 82.0 Å². The average molecular weight is 385 g/mol. The molecule has 0 fully saturated rings. The molecular weight excluding hydrogens is 362 g/mol. The van der Waals surface area contributed by atoms with Gasteiger partial charge in [0.15, 0.2) is 0 Å². The fraction of sp³-hybridized carbons (Fsp3) is 0.208. The Balaban J connectivity index is 1.71. The minimum atomic E-state index is -0.678. The van der Waals surface area contributed by atoms with Gasteiger partial charge in [0.1, 0.15) is 6.04 Å². The number of hydrogen-bond donors (Lipinski definition) is 2. The van der Waals surface area contributed by atoms with Crippen molar-refractivity contribution in [3.05, 3.63) is 77.9 Å². The summed E-state index contributed by atoms with van der Waals surface area (Å²) in [5.41, 5.74) is 1.91. The van der Waals surface area contributed by atoms with Crippen molar-refractivity contribution in [1.29, 1.82) is 5.26 Å². The van der Waals surface area contributed by atoms with Crippen LogP contribution in [-0.4, -0.2) is 17.9 Å².